The Morgan fingerprint density at radius 1 is 1.32 bits per heavy atom. The predicted molar refractivity (Wildman–Crippen MR) is 71.7 cm³/mol. The van der Waals surface area contributed by atoms with Gasteiger partial charge in [-0.2, -0.15) is 0 Å². The Kier molecular flexibility index (Phi) is 3.19. The Bertz CT molecular complexity index is 466. The Hall–Kier alpha value is -1.19. The van der Waals surface area contributed by atoms with E-state index in [-0.39, 0.29) is 29.5 Å². The molecule has 0 saturated carbocycles. The molecule has 102 valence electrons. The summed E-state index contributed by atoms with van der Waals surface area (Å²) >= 11 is 0. The van der Waals surface area contributed by atoms with Crippen molar-refractivity contribution in [2.75, 3.05) is 0 Å². The summed E-state index contributed by atoms with van der Waals surface area (Å²) in [5.74, 6) is 0.237. The summed E-state index contributed by atoms with van der Waals surface area (Å²) in [6.07, 6.45) is 1.24. The van der Waals surface area contributed by atoms with Crippen LogP contribution < -0.4 is 0 Å². The van der Waals surface area contributed by atoms with Crippen LogP contribution in [-0.4, -0.2) is 24.1 Å². The molecule has 3 nitrogen and oxygen atoms in total. The first-order valence-corrected chi connectivity index (χ1v) is 6.91. The summed E-state index contributed by atoms with van der Waals surface area (Å²) in [5, 5.41) is 0. The fourth-order valence-electron chi connectivity index (χ4n) is 3.14. The van der Waals surface area contributed by atoms with Crippen molar-refractivity contribution in [3.8, 4) is 0 Å². The lowest BCUT2D eigenvalue weighted by atomic mass is 9.78. The molecular weight excluding hydrogens is 240 g/mol. The van der Waals surface area contributed by atoms with Gasteiger partial charge in [-0.05, 0) is 5.56 Å². The molecule has 3 heteroatoms. The molecule has 2 aliphatic rings. The Morgan fingerprint density at radius 2 is 2.05 bits per heavy atom. The molecule has 2 heterocycles. The van der Waals surface area contributed by atoms with Crippen LogP contribution >= 0.6 is 0 Å². The summed E-state index contributed by atoms with van der Waals surface area (Å²) in [7, 11) is 0. The highest BCUT2D eigenvalue weighted by molar-refractivity contribution is 5.86. The fraction of sp³-hybridized carbons (Fsp3) is 0.562. The third-order valence-electron chi connectivity index (χ3n) is 4.33. The van der Waals surface area contributed by atoms with Gasteiger partial charge < -0.3 is 9.47 Å². The van der Waals surface area contributed by atoms with E-state index in [1.54, 1.807) is 0 Å². The van der Waals surface area contributed by atoms with E-state index < -0.39 is 0 Å². The average molecular weight is 260 g/mol. The van der Waals surface area contributed by atoms with Crippen LogP contribution in [-0.2, 0) is 20.9 Å². The third-order valence-corrected chi connectivity index (χ3v) is 4.33. The topological polar surface area (TPSA) is 35.5 Å². The normalized spacial score (nSPS) is 32.5. The summed E-state index contributed by atoms with van der Waals surface area (Å²) < 4.78 is 11.9. The second-order valence-corrected chi connectivity index (χ2v) is 6.15. The zero-order valence-electron chi connectivity index (χ0n) is 11.5. The van der Waals surface area contributed by atoms with E-state index in [9.17, 15) is 4.79 Å². The number of hydrogen-bond donors (Lipinski definition) is 0. The number of rotatable bonds is 3. The van der Waals surface area contributed by atoms with Gasteiger partial charge in [0.1, 0.15) is 6.10 Å². The predicted octanol–water partition coefficient (Wildman–Crippen LogP) is 2.73. The van der Waals surface area contributed by atoms with Crippen molar-refractivity contribution in [3.05, 3.63) is 35.9 Å². The fourth-order valence-corrected chi connectivity index (χ4v) is 3.14. The number of hydrogen-bond acceptors (Lipinski definition) is 3. The third kappa shape index (κ3) is 2.33. The van der Waals surface area contributed by atoms with E-state index in [0.717, 1.165) is 6.42 Å². The molecule has 19 heavy (non-hydrogen) atoms. The maximum atomic E-state index is 11.9. The van der Waals surface area contributed by atoms with Gasteiger partial charge in [-0.3, -0.25) is 4.79 Å². The highest BCUT2D eigenvalue weighted by Gasteiger charge is 2.53. The molecule has 0 aliphatic carbocycles. The maximum absolute atomic E-state index is 11.9. The summed E-state index contributed by atoms with van der Waals surface area (Å²) in [6, 6.07) is 10.2. The molecule has 1 aromatic carbocycles. The molecule has 0 radical (unpaired) electrons. The maximum Gasteiger partial charge on any atom is 0.164 e. The molecule has 0 unspecified atom stereocenters. The molecule has 2 fully saturated rings. The number of ether oxygens (including phenoxy) is 2. The van der Waals surface area contributed by atoms with Gasteiger partial charge in [-0.1, -0.05) is 44.2 Å². The van der Waals surface area contributed by atoms with Gasteiger partial charge in [-0.15, -0.1) is 0 Å². The second-order valence-electron chi connectivity index (χ2n) is 6.15. The monoisotopic (exact) mass is 260 g/mol. The second kappa shape index (κ2) is 4.73. The first kappa shape index (κ1) is 12.8. The van der Waals surface area contributed by atoms with Crippen molar-refractivity contribution in [2.24, 2.45) is 5.41 Å². The lowest BCUT2D eigenvalue weighted by molar-refractivity contribution is -0.170. The number of Topliss-reactive ketones (excluding diaryl/α,β-unsaturated/α-hetero) is 1. The van der Waals surface area contributed by atoms with Gasteiger partial charge in [0.25, 0.3) is 0 Å². The van der Waals surface area contributed by atoms with Crippen LogP contribution in [0.3, 0.4) is 0 Å². The van der Waals surface area contributed by atoms with Crippen molar-refractivity contribution in [2.45, 2.75) is 51.6 Å². The summed E-state index contributed by atoms with van der Waals surface area (Å²) in [5.41, 5.74) is 0.933. The standard InChI is InChI=1S/C16H20O3/c1-16(2)14(9-12-8-13(17)15(16)19-12)18-10-11-6-4-3-5-7-11/h3-7,12,14-15H,8-10H2,1-2H3/t12-,14+,15+/m0/s1. The van der Waals surface area contributed by atoms with E-state index in [1.165, 1.54) is 5.56 Å². The molecule has 3 rings (SSSR count). The molecule has 2 bridgehead atoms. The van der Waals surface area contributed by atoms with E-state index >= 15 is 0 Å². The number of ketones is 1. The number of benzene rings is 1. The van der Waals surface area contributed by atoms with Crippen LogP contribution in [0, 0.1) is 5.41 Å². The highest BCUT2D eigenvalue weighted by atomic mass is 16.5. The molecule has 2 aliphatic heterocycles. The van der Waals surface area contributed by atoms with Crippen molar-refractivity contribution < 1.29 is 14.3 Å². The van der Waals surface area contributed by atoms with Crippen LogP contribution in [0.2, 0.25) is 0 Å². The minimum atomic E-state index is -0.285. The Morgan fingerprint density at radius 3 is 2.79 bits per heavy atom. The molecule has 0 N–H and O–H groups in total. The van der Waals surface area contributed by atoms with E-state index in [0.29, 0.717) is 13.0 Å². The average Bonchev–Trinajstić information content (AvgIpc) is 2.73. The molecule has 3 atom stereocenters. The van der Waals surface area contributed by atoms with Crippen LogP contribution in [0.1, 0.15) is 32.3 Å². The smallest absolute Gasteiger partial charge is 0.164 e. The minimum absolute atomic E-state index is 0.0614. The lowest BCUT2D eigenvalue weighted by Gasteiger charge is -2.42. The molecule has 0 spiro atoms. The van der Waals surface area contributed by atoms with E-state index in [2.05, 4.69) is 26.0 Å². The van der Waals surface area contributed by atoms with Gasteiger partial charge in [0.05, 0.1) is 18.8 Å². The molecular formula is C16H20O3. The molecule has 0 aromatic heterocycles. The van der Waals surface area contributed by atoms with E-state index in [1.807, 2.05) is 18.2 Å². The largest absolute Gasteiger partial charge is 0.373 e. The van der Waals surface area contributed by atoms with Gasteiger partial charge >= 0.3 is 0 Å². The van der Waals surface area contributed by atoms with Gasteiger partial charge in [0, 0.05) is 18.3 Å². The first-order valence-electron chi connectivity index (χ1n) is 6.91. The van der Waals surface area contributed by atoms with Crippen molar-refractivity contribution in [1.82, 2.24) is 0 Å². The van der Waals surface area contributed by atoms with Crippen molar-refractivity contribution in [3.63, 3.8) is 0 Å². The first-order chi connectivity index (χ1) is 9.07. The number of fused-ring (bicyclic) bond motifs is 2. The number of carbonyl (C=O) groups is 1. The SMILES string of the molecule is CC1(C)[C@@H]2O[C@@H](CC2=O)C[C@H]1OCc1ccccc1. The van der Waals surface area contributed by atoms with Crippen LogP contribution in [0.25, 0.3) is 0 Å². The van der Waals surface area contributed by atoms with Gasteiger partial charge in [-0.25, -0.2) is 0 Å². The van der Waals surface area contributed by atoms with Crippen molar-refractivity contribution in [1.29, 1.82) is 0 Å². The zero-order chi connectivity index (χ0) is 13.5. The Balaban J connectivity index is 1.69. The number of carbonyl (C=O) groups excluding carboxylic acids is 1. The summed E-state index contributed by atoms with van der Waals surface area (Å²) in [6.45, 7) is 4.75. The molecule has 0 amide bonds. The minimum Gasteiger partial charge on any atom is -0.373 e. The van der Waals surface area contributed by atoms with Crippen LogP contribution in [0.5, 0.6) is 0 Å². The van der Waals surface area contributed by atoms with Gasteiger partial charge in [0.15, 0.2) is 5.78 Å². The molecule has 1 aromatic rings. The van der Waals surface area contributed by atoms with Crippen molar-refractivity contribution >= 4 is 5.78 Å². The molecule has 2 saturated heterocycles. The van der Waals surface area contributed by atoms with Crippen LogP contribution in [0.4, 0.5) is 0 Å². The Labute approximate surface area is 113 Å². The lowest BCUT2D eigenvalue weighted by Crippen LogP contribution is -2.48. The summed E-state index contributed by atoms with van der Waals surface area (Å²) in [4.78, 5) is 11.9. The van der Waals surface area contributed by atoms with E-state index in [4.69, 9.17) is 9.47 Å². The zero-order valence-corrected chi connectivity index (χ0v) is 11.5. The van der Waals surface area contributed by atoms with Gasteiger partial charge in [0.2, 0.25) is 0 Å². The van der Waals surface area contributed by atoms with Crippen LogP contribution in [0.15, 0.2) is 30.3 Å². The quantitative estimate of drug-likeness (QED) is 0.838. The highest BCUT2D eigenvalue weighted by Crippen LogP contribution is 2.44.